The number of carbonyl (C=O) groups is 1. The molecule has 3 aliphatic rings. The van der Waals surface area contributed by atoms with Crippen molar-refractivity contribution in [2.45, 2.75) is 394 Å². The average molecular weight is 1340 g/mol. The van der Waals surface area contributed by atoms with Crippen molar-refractivity contribution in [3.05, 3.63) is 48.6 Å². The van der Waals surface area contributed by atoms with Crippen molar-refractivity contribution in [2.24, 2.45) is 0 Å². The molecule has 17 atom stereocenters. The molecule has 17 unspecified atom stereocenters. The fourth-order valence-electron chi connectivity index (χ4n) is 12.7. The molecule has 3 saturated heterocycles. The van der Waals surface area contributed by atoms with Crippen molar-refractivity contribution in [2.75, 3.05) is 26.4 Å². The maximum atomic E-state index is 13.4. The summed E-state index contributed by atoms with van der Waals surface area (Å²) in [6.45, 7) is 1.75. The van der Waals surface area contributed by atoms with E-state index < -0.39 is 124 Å². The molecule has 0 aliphatic carbocycles. The molecule has 3 rings (SSSR count). The molecular weight excluding hydrogens is 1200 g/mol. The number of allylic oxidation sites excluding steroid dienone is 7. The van der Waals surface area contributed by atoms with E-state index in [-0.39, 0.29) is 18.9 Å². The number of ether oxygens (including phenoxy) is 6. The van der Waals surface area contributed by atoms with Gasteiger partial charge in [0.25, 0.3) is 0 Å². The van der Waals surface area contributed by atoms with Gasteiger partial charge >= 0.3 is 0 Å². The molecule has 0 aromatic heterocycles. The van der Waals surface area contributed by atoms with E-state index >= 15 is 0 Å². The molecule has 3 aliphatic heterocycles. The number of aliphatic hydroxyl groups excluding tert-OH is 11. The van der Waals surface area contributed by atoms with Gasteiger partial charge in [-0.1, -0.05) is 274 Å². The van der Waals surface area contributed by atoms with Gasteiger partial charge in [-0.2, -0.15) is 0 Å². The molecule has 12 N–H and O–H groups in total. The molecule has 0 spiro atoms. The van der Waals surface area contributed by atoms with Crippen LogP contribution in [0.2, 0.25) is 0 Å². The second-order valence-electron chi connectivity index (χ2n) is 27.1. The summed E-state index contributed by atoms with van der Waals surface area (Å²) in [5.74, 6) is -0.274. The van der Waals surface area contributed by atoms with Crippen LogP contribution >= 0.6 is 0 Å². The molecule has 550 valence electrons. The van der Waals surface area contributed by atoms with E-state index in [1.54, 1.807) is 6.08 Å². The molecule has 1 amide bonds. The molecule has 19 nitrogen and oxygen atoms in total. The highest BCUT2D eigenvalue weighted by molar-refractivity contribution is 5.76. The van der Waals surface area contributed by atoms with E-state index in [0.29, 0.717) is 6.42 Å². The van der Waals surface area contributed by atoms with Gasteiger partial charge in [-0.05, 0) is 57.8 Å². The molecule has 0 radical (unpaired) electrons. The summed E-state index contributed by atoms with van der Waals surface area (Å²) >= 11 is 0. The van der Waals surface area contributed by atoms with E-state index in [4.69, 9.17) is 28.4 Å². The summed E-state index contributed by atoms with van der Waals surface area (Å²) in [5.41, 5.74) is 0. The average Bonchev–Trinajstić information content (AvgIpc) is 0.787. The minimum absolute atomic E-state index is 0.243. The molecule has 0 saturated carbocycles. The van der Waals surface area contributed by atoms with E-state index in [1.165, 1.54) is 205 Å². The molecule has 3 fully saturated rings. The van der Waals surface area contributed by atoms with Gasteiger partial charge in [-0.25, -0.2) is 0 Å². The zero-order chi connectivity index (χ0) is 68.2. The Balaban J connectivity index is 1.40. The summed E-state index contributed by atoms with van der Waals surface area (Å²) < 4.78 is 34.4. The number of carbonyl (C=O) groups excluding carboxylic acids is 1. The Kier molecular flexibility index (Phi) is 51.7. The van der Waals surface area contributed by atoms with Gasteiger partial charge in [0, 0.05) is 6.42 Å². The van der Waals surface area contributed by atoms with Gasteiger partial charge in [0.15, 0.2) is 18.9 Å². The zero-order valence-electron chi connectivity index (χ0n) is 58.4. The van der Waals surface area contributed by atoms with E-state index in [2.05, 4.69) is 55.6 Å². The van der Waals surface area contributed by atoms with Gasteiger partial charge in [0.05, 0.1) is 38.6 Å². The minimum Gasteiger partial charge on any atom is -0.394 e. The number of aliphatic hydroxyl groups is 11. The Morgan fingerprint density at radius 3 is 1.10 bits per heavy atom. The summed E-state index contributed by atoms with van der Waals surface area (Å²) in [6, 6.07) is -0.975. The fourth-order valence-corrected chi connectivity index (χ4v) is 12.7. The van der Waals surface area contributed by atoms with Crippen LogP contribution in [0.1, 0.15) is 290 Å². The van der Waals surface area contributed by atoms with Gasteiger partial charge < -0.3 is 89.9 Å². The maximum Gasteiger partial charge on any atom is 0.220 e. The van der Waals surface area contributed by atoms with Gasteiger partial charge in [0.2, 0.25) is 5.91 Å². The molecule has 0 bridgehead atoms. The number of hydrogen-bond donors (Lipinski definition) is 12. The number of rotatable bonds is 59. The lowest BCUT2D eigenvalue weighted by atomic mass is 9.96. The number of amides is 1. The summed E-state index contributed by atoms with van der Waals surface area (Å²) in [5, 5.41) is 121. The smallest absolute Gasteiger partial charge is 0.220 e. The SMILES string of the molecule is CCCCCCC/C=C\C/C=C\C/C=C\CCCCCCCCCCCCCCCCC(=O)NC(COC1OC(CO)C(OC2OC(CO)C(OC3OC(CO)C(O)C(O)C3O)C(O)C2O)C(O)C1O)C(O)/C=C/CCCCCCCCCCCCCCCCCCCC. The highest BCUT2D eigenvalue weighted by Crippen LogP contribution is 2.33. The van der Waals surface area contributed by atoms with E-state index in [9.17, 15) is 61.0 Å². The lowest BCUT2D eigenvalue weighted by molar-refractivity contribution is -0.379. The monoisotopic (exact) mass is 1340 g/mol. The topological polar surface area (TPSA) is 307 Å². The van der Waals surface area contributed by atoms with Crippen molar-refractivity contribution < 1.29 is 89.4 Å². The summed E-state index contributed by atoms with van der Waals surface area (Å²) in [4.78, 5) is 13.4. The first-order valence-electron chi connectivity index (χ1n) is 37.9. The normalized spacial score (nSPS) is 27.6. The van der Waals surface area contributed by atoms with Crippen LogP contribution in [0.25, 0.3) is 0 Å². The van der Waals surface area contributed by atoms with Crippen molar-refractivity contribution in [1.29, 1.82) is 0 Å². The van der Waals surface area contributed by atoms with Crippen LogP contribution in [0.3, 0.4) is 0 Å². The lowest BCUT2D eigenvalue weighted by Crippen LogP contribution is -2.66. The largest absolute Gasteiger partial charge is 0.394 e. The maximum absolute atomic E-state index is 13.4. The van der Waals surface area contributed by atoms with Crippen LogP contribution < -0.4 is 5.32 Å². The Bertz CT molecular complexity index is 1890. The Labute approximate surface area is 567 Å². The van der Waals surface area contributed by atoms with Gasteiger partial charge in [-0.3, -0.25) is 4.79 Å². The number of unbranched alkanes of at least 4 members (excludes halogenated alkanes) is 37. The number of nitrogens with one attached hydrogen (secondary N) is 1. The highest BCUT2D eigenvalue weighted by Gasteiger charge is 2.53. The van der Waals surface area contributed by atoms with Crippen LogP contribution in [-0.4, -0.2) is 193 Å². The van der Waals surface area contributed by atoms with Crippen LogP contribution in [0.4, 0.5) is 0 Å². The Morgan fingerprint density at radius 1 is 0.383 bits per heavy atom. The molecule has 3 heterocycles. The van der Waals surface area contributed by atoms with Gasteiger partial charge in [0.1, 0.15) is 73.2 Å². The molecular formula is C75H137NO18. The third-order valence-electron chi connectivity index (χ3n) is 18.9. The second kappa shape index (κ2) is 56.5. The second-order valence-corrected chi connectivity index (χ2v) is 27.1. The van der Waals surface area contributed by atoms with Crippen LogP contribution in [0, 0.1) is 0 Å². The van der Waals surface area contributed by atoms with Gasteiger partial charge in [-0.15, -0.1) is 0 Å². The van der Waals surface area contributed by atoms with Crippen molar-refractivity contribution in [3.63, 3.8) is 0 Å². The third kappa shape index (κ3) is 37.3. The first-order valence-corrected chi connectivity index (χ1v) is 37.9. The van der Waals surface area contributed by atoms with Crippen LogP contribution in [-0.2, 0) is 33.2 Å². The molecule has 19 heteroatoms. The predicted molar refractivity (Wildman–Crippen MR) is 369 cm³/mol. The predicted octanol–water partition coefficient (Wildman–Crippen LogP) is 11.3. The van der Waals surface area contributed by atoms with Crippen molar-refractivity contribution in [3.8, 4) is 0 Å². The van der Waals surface area contributed by atoms with Crippen LogP contribution in [0.15, 0.2) is 48.6 Å². The first-order chi connectivity index (χ1) is 45.8. The number of hydrogen-bond acceptors (Lipinski definition) is 18. The lowest BCUT2D eigenvalue weighted by Gasteiger charge is -2.48. The van der Waals surface area contributed by atoms with Crippen molar-refractivity contribution >= 4 is 5.91 Å². The van der Waals surface area contributed by atoms with E-state index in [1.807, 2.05) is 6.08 Å². The van der Waals surface area contributed by atoms with E-state index in [0.717, 1.165) is 57.8 Å². The summed E-state index contributed by atoms with van der Waals surface area (Å²) in [7, 11) is 0. The molecule has 0 aromatic rings. The summed E-state index contributed by atoms with van der Waals surface area (Å²) in [6.07, 6.45) is 42.2. The Morgan fingerprint density at radius 2 is 0.702 bits per heavy atom. The van der Waals surface area contributed by atoms with Crippen molar-refractivity contribution in [1.82, 2.24) is 5.32 Å². The molecule has 0 aromatic carbocycles. The first kappa shape index (κ1) is 86.0. The zero-order valence-corrected chi connectivity index (χ0v) is 58.4. The quantitative estimate of drug-likeness (QED) is 0.0199. The fraction of sp³-hybridized carbons (Fsp3) is 0.880. The molecule has 94 heavy (non-hydrogen) atoms. The third-order valence-corrected chi connectivity index (χ3v) is 18.9. The standard InChI is InChI=1S/C75H137NO18/c1-3-5-7-9-11-13-15-17-19-21-23-25-26-27-28-29-30-31-32-33-35-37-39-41-43-45-47-49-51-53-63(81)76-58(59(80)52-50-48-46-44-42-40-38-36-34-24-22-20-18-16-14-12-10-8-6-4-2)57-89-73-69(87)66(84)71(61(55-78)91-73)94-75-70(88)67(85)72(62(56-79)92-75)93-74-68(86)65(83)64(82)60(54-77)90-74/h15,17,21,23,26-27,50,52,58-62,64-75,77-80,82-88H,3-14,16,18-20,22,24-25,28-49,51,53-57H2,1-2H3,(H,76,81)/b17-15-,23-21-,27-26-,52-50+. The minimum atomic E-state index is -1.98. The van der Waals surface area contributed by atoms with Crippen LogP contribution in [0.5, 0.6) is 0 Å². The Hall–Kier alpha value is -2.25. The highest BCUT2D eigenvalue weighted by atomic mass is 16.8.